The summed E-state index contributed by atoms with van der Waals surface area (Å²) in [5.41, 5.74) is 3.42. The molecule has 0 unspecified atom stereocenters. The minimum absolute atomic E-state index is 0.0241. The lowest BCUT2D eigenvalue weighted by atomic mass is 9.53. The summed E-state index contributed by atoms with van der Waals surface area (Å²) in [6.45, 7) is 15.4. The Morgan fingerprint density at radius 1 is 1.15 bits per heavy atom. The van der Waals surface area contributed by atoms with Crippen molar-refractivity contribution < 1.29 is 4.79 Å². The van der Waals surface area contributed by atoms with E-state index >= 15 is 0 Å². The number of carbonyl (C=O) groups excluding carboxylic acids is 1. The molecule has 0 aromatic rings. The lowest BCUT2D eigenvalue weighted by Gasteiger charge is -2.21. The van der Waals surface area contributed by atoms with E-state index in [0.717, 1.165) is 23.8 Å². The first-order valence-corrected chi connectivity index (χ1v) is 6.78. The minimum Gasteiger partial charge on any atom is -0.289 e. The molecular weight excluding hydrogens is 243 g/mol. The summed E-state index contributed by atoms with van der Waals surface area (Å²) in [5.74, 6) is 0.415. The number of hydrogen-bond acceptors (Lipinski definition) is 1. The Morgan fingerprint density at radius 2 is 1.85 bits per heavy atom. The third-order valence-corrected chi connectivity index (χ3v) is 3.03. The fraction of sp³-hybridized carbons (Fsp3) is 0.167. The smallest absolute Gasteiger partial charge is 0.193 e. The average Bonchev–Trinajstić information content (AvgIpc) is 2.41. The number of hydrogen-bond donors (Lipinski definition) is 0. The van der Waals surface area contributed by atoms with Crippen molar-refractivity contribution in [1.82, 2.24) is 0 Å². The standard InChI is InChI=1S/C18H21BO/c1-6-9-11-15-16(8-3)19-17(12-13(4)5)14(10-7-2)18(15)20/h6-13,19H,1-3H2,4-5H3/b11-9-,14-10+,17-12+. The Kier molecular flexibility index (Phi) is 5.98. The second-order valence-electron chi connectivity index (χ2n) is 5.00. The first kappa shape index (κ1) is 16.0. The molecular formula is C18H21BO. The van der Waals surface area contributed by atoms with Crippen LogP contribution in [0.5, 0.6) is 0 Å². The summed E-state index contributed by atoms with van der Waals surface area (Å²) in [6, 6.07) is 0. The van der Waals surface area contributed by atoms with Crippen LogP contribution in [0.25, 0.3) is 0 Å². The van der Waals surface area contributed by atoms with Gasteiger partial charge < -0.3 is 0 Å². The third-order valence-electron chi connectivity index (χ3n) is 3.03. The highest BCUT2D eigenvalue weighted by Crippen LogP contribution is 2.27. The predicted octanol–water partition coefficient (Wildman–Crippen LogP) is 3.84. The van der Waals surface area contributed by atoms with Crippen LogP contribution in [0.1, 0.15) is 13.8 Å². The SMILES string of the molecule is C=C/C=C\C1=C(C=C)BC(=C/C(C)C)/C(=C\C=C)C1=O. The van der Waals surface area contributed by atoms with Gasteiger partial charge in [-0.25, -0.2) is 0 Å². The summed E-state index contributed by atoms with van der Waals surface area (Å²) in [7, 11) is 0.726. The predicted molar refractivity (Wildman–Crippen MR) is 89.9 cm³/mol. The van der Waals surface area contributed by atoms with E-state index in [9.17, 15) is 4.79 Å². The van der Waals surface area contributed by atoms with Crippen LogP contribution >= 0.6 is 0 Å². The molecule has 2 heteroatoms. The molecule has 20 heavy (non-hydrogen) atoms. The molecule has 0 aromatic heterocycles. The average molecular weight is 264 g/mol. The number of rotatable bonds is 5. The van der Waals surface area contributed by atoms with Gasteiger partial charge in [0, 0.05) is 11.1 Å². The monoisotopic (exact) mass is 264 g/mol. The first-order valence-electron chi connectivity index (χ1n) is 6.78. The number of allylic oxidation sites excluding steroid dienone is 11. The van der Waals surface area contributed by atoms with Crippen molar-refractivity contribution in [3.05, 3.63) is 84.4 Å². The molecule has 1 aliphatic rings. The van der Waals surface area contributed by atoms with E-state index in [-0.39, 0.29) is 5.78 Å². The van der Waals surface area contributed by atoms with Crippen molar-refractivity contribution in [2.24, 2.45) is 5.92 Å². The molecule has 0 atom stereocenters. The van der Waals surface area contributed by atoms with Crippen LogP contribution in [0.2, 0.25) is 0 Å². The maximum atomic E-state index is 12.6. The summed E-state index contributed by atoms with van der Waals surface area (Å²) in [5, 5.41) is 0. The Balaban J connectivity index is 3.44. The molecule has 0 aliphatic carbocycles. The zero-order chi connectivity index (χ0) is 15.1. The van der Waals surface area contributed by atoms with Gasteiger partial charge in [0.25, 0.3) is 0 Å². The lowest BCUT2D eigenvalue weighted by Crippen LogP contribution is -2.21. The summed E-state index contributed by atoms with van der Waals surface area (Å²) in [4.78, 5) is 12.6. The molecule has 1 heterocycles. The van der Waals surface area contributed by atoms with Gasteiger partial charge in [-0.2, -0.15) is 0 Å². The Morgan fingerprint density at radius 3 is 2.35 bits per heavy atom. The zero-order valence-electron chi connectivity index (χ0n) is 12.4. The normalized spacial score (nSPS) is 19.9. The molecule has 0 spiro atoms. The van der Waals surface area contributed by atoms with Gasteiger partial charge >= 0.3 is 0 Å². The largest absolute Gasteiger partial charge is 0.289 e. The highest BCUT2D eigenvalue weighted by Gasteiger charge is 2.26. The first-order chi connectivity index (χ1) is 9.54. The fourth-order valence-electron chi connectivity index (χ4n) is 2.21. The van der Waals surface area contributed by atoms with E-state index in [1.54, 1.807) is 36.5 Å². The van der Waals surface area contributed by atoms with Crippen LogP contribution in [0.3, 0.4) is 0 Å². The molecule has 1 aliphatic heterocycles. The quantitative estimate of drug-likeness (QED) is 0.419. The van der Waals surface area contributed by atoms with Crippen molar-refractivity contribution in [2.45, 2.75) is 13.8 Å². The van der Waals surface area contributed by atoms with Gasteiger partial charge in [0.2, 0.25) is 0 Å². The summed E-state index contributed by atoms with van der Waals surface area (Å²) in [6.07, 6.45) is 12.6. The highest BCUT2D eigenvalue weighted by molar-refractivity contribution is 6.61. The van der Waals surface area contributed by atoms with Gasteiger partial charge in [-0.15, -0.1) is 0 Å². The maximum absolute atomic E-state index is 12.6. The van der Waals surface area contributed by atoms with Crippen LogP contribution < -0.4 is 0 Å². The van der Waals surface area contributed by atoms with Gasteiger partial charge in [0.05, 0.1) is 0 Å². The second-order valence-corrected chi connectivity index (χ2v) is 5.00. The summed E-state index contributed by atoms with van der Waals surface area (Å²) < 4.78 is 0. The minimum atomic E-state index is 0.0241. The Labute approximate surface area is 122 Å². The van der Waals surface area contributed by atoms with Crippen molar-refractivity contribution >= 4 is 13.1 Å². The maximum Gasteiger partial charge on any atom is 0.193 e. The molecule has 1 nitrogen and oxygen atoms in total. The molecule has 0 fully saturated rings. The van der Waals surface area contributed by atoms with Crippen LogP contribution in [0.4, 0.5) is 0 Å². The molecule has 0 N–H and O–H groups in total. The van der Waals surface area contributed by atoms with Crippen LogP contribution in [0, 0.1) is 5.92 Å². The molecule has 0 radical (unpaired) electrons. The van der Waals surface area contributed by atoms with Gasteiger partial charge in [0.15, 0.2) is 13.1 Å². The highest BCUT2D eigenvalue weighted by atomic mass is 16.1. The van der Waals surface area contributed by atoms with Gasteiger partial charge in [-0.1, -0.05) is 87.1 Å². The molecule has 0 amide bonds. The Bertz CT molecular complexity index is 554. The number of carbonyl (C=O) groups is 1. The van der Waals surface area contributed by atoms with E-state index in [0.29, 0.717) is 11.5 Å². The second kappa shape index (κ2) is 7.49. The van der Waals surface area contributed by atoms with E-state index in [2.05, 4.69) is 39.7 Å². The van der Waals surface area contributed by atoms with E-state index < -0.39 is 0 Å². The molecule has 102 valence electrons. The topological polar surface area (TPSA) is 17.1 Å². The van der Waals surface area contributed by atoms with E-state index in [1.165, 1.54) is 0 Å². The van der Waals surface area contributed by atoms with Crippen molar-refractivity contribution in [3.63, 3.8) is 0 Å². The van der Waals surface area contributed by atoms with Gasteiger partial charge in [-0.05, 0) is 5.92 Å². The molecule has 0 aromatic carbocycles. The fourth-order valence-corrected chi connectivity index (χ4v) is 2.21. The van der Waals surface area contributed by atoms with Gasteiger partial charge in [-0.3, -0.25) is 4.79 Å². The summed E-state index contributed by atoms with van der Waals surface area (Å²) >= 11 is 0. The molecule has 0 saturated heterocycles. The molecule has 1 rings (SSSR count). The molecule has 0 bridgehead atoms. The van der Waals surface area contributed by atoms with Crippen LogP contribution in [-0.4, -0.2) is 13.1 Å². The third kappa shape index (κ3) is 3.70. The lowest BCUT2D eigenvalue weighted by molar-refractivity contribution is -0.111. The van der Waals surface area contributed by atoms with Gasteiger partial charge in [0.1, 0.15) is 0 Å². The van der Waals surface area contributed by atoms with Crippen molar-refractivity contribution in [2.75, 3.05) is 0 Å². The van der Waals surface area contributed by atoms with Crippen molar-refractivity contribution in [1.29, 1.82) is 0 Å². The molecule has 0 saturated carbocycles. The van der Waals surface area contributed by atoms with E-state index in [4.69, 9.17) is 0 Å². The Hall–Kier alpha value is -2.09. The number of Topliss-reactive ketones (excluding diaryl/α,β-unsaturated/α-hetero) is 1. The zero-order valence-corrected chi connectivity index (χ0v) is 12.4. The van der Waals surface area contributed by atoms with Crippen LogP contribution in [0.15, 0.2) is 84.4 Å². The number of ketones is 1. The van der Waals surface area contributed by atoms with E-state index in [1.807, 2.05) is 0 Å². The van der Waals surface area contributed by atoms with Crippen LogP contribution in [-0.2, 0) is 4.79 Å². The van der Waals surface area contributed by atoms with Crippen molar-refractivity contribution in [3.8, 4) is 0 Å².